The third-order valence-electron chi connectivity index (χ3n) is 5.92. The quantitative estimate of drug-likeness (QED) is 0.243. The van der Waals surface area contributed by atoms with Gasteiger partial charge in [0.05, 0.1) is 16.1 Å². The second-order valence-corrected chi connectivity index (χ2v) is 21.5. The fraction of sp³-hybridized carbons (Fsp3) is 0.188. The summed E-state index contributed by atoms with van der Waals surface area (Å²) in [4.78, 5) is 0. The van der Waals surface area contributed by atoms with Gasteiger partial charge in [-0.3, -0.25) is 0 Å². The molecule has 0 spiro atoms. The van der Waals surface area contributed by atoms with Gasteiger partial charge >= 0.3 is 0 Å². The standard InChI is InChI=1S/C32H36Si2/c1-33(2,3)23-21-25-11-15-27(16-12-25)29-19-20-30(32-10-8-7-9-31(29)32)28-17-13-26(14-18-28)22-24-34(4,5)6/h7-24H,1-6H3/b23-21+,24-22+. The van der Waals surface area contributed by atoms with Crippen molar-refractivity contribution in [2.75, 3.05) is 0 Å². The minimum Gasteiger partial charge on any atom is -0.0944 e. The SMILES string of the molecule is C[Si](C)(C)/C=C/c1ccc(-c2ccc(-c3ccc(/C=C/[Si](C)(C)C)cc3)c3ccccc23)cc1. The Labute approximate surface area is 207 Å². The molecule has 4 rings (SSSR count). The van der Waals surface area contributed by atoms with Crippen LogP contribution in [0, 0.1) is 0 Å². The Bertz CT molecular complexity index is 1220. The van der Waals surface area contributed by atoms with Gasteiger partial charge in [0.15, 0.2) is 0 Å². The highest BCUT2D eigenvalue weighted by atomic mass is 28.3. The maximum Gasteiger partial charge on any atom is 0.0687 e. The van der Waals surface area contributed by atoms with Crippen LogP contribution in [0.3, 0.4) is 0 Å². The van der Waals surface area contributed by atoms with Crippen molar-refractivity contribution in [2.24, 2.45) is 0 Å². The monoisotopic (exact) mass is 476 g/mol. The van der Waals surface area contributed by atoms with Crippen LogP contribution in [0.1, 0.15) is 11.1 Å². The topological polar surface area (TPSA) is 0 Å². The normalized spacial score (nSPS) is 12.8. The zero-order valence-corrected chi connectivity index (χ0v) is 23.4. The maximum absolute atomic E-state index is 2.40. The third-order valence-corrected chi connectivity index (χ3v) is 8.25. The van der Waals surface area contributed by atoms with Crippen molar-refractivity contribution in [3.63, 3.8) is 0 Å². The zero-order chi connectivity index (χ0) is 24.3. The molecule has 0 radical (unpaired) electrons. The molecule has 0 bridgehead atoms. The fourth-order valence-corrected chi connectivity index (χ4v) is 5.43. The van der Waals surface area contributed by atoms with E-state index in [0.717, 1.165) is 0 Å². The average Bonchev–Trinajstić information content (AvgIpc) is 2.81. The van der Waals surface area contributed by atoms with E-state index >= 15 is 0 Å². The van der Waals surface area contributed by atoms with E-state index in [4.69, 9.17) is 0 Å². The van der Waals surface area contributed by atoms with E-state index in [-0.39, 0.29) is 0 Å². The van der Waals surface area contributed by atoms with E-state index in [0.29, 0.717) is 0 Å². The first-order valence-electron chi connectivity index (χ1n) is 12.2. The maximum atomic E-state index is 2.40. The molecule has 0 fully saturated rings. The zero-order valence-electron chi connectivity index (χ0n) is 21.4. The Balaban J connectivity index is 1.68. The molecule has 0 heterocycles. The summed E-state index contributed by atoms with van der Waals surface area (Å²) < 4.78 is 0. The smallest absolute Gasteiger partial charge is 0.0687 e. The lowest BCUT2D eigenvalue weighted by molar-refractivity contribution is 1.60. The van der Waals surface area contributed by atoms with Gasteiger partial charge in [-0.05, 0) is 44.2 Å². The first-order chi connectivity index (χ1) is 16.1. The van der Waals surface area contributed by atoms with Crippen LogP contribution in [0.4, 0.5) is 0 Å². The molecular weight excluding hydrogens is 441 g/mol. The number of rotatable bonds is 6. The van der Waals surface area contributed by atoms with Gasteiger partial charge < -0.3 is 0 Å². The van der Waals surface area contributed by atoms with E-state index in [2.05, 4.69) is 148 Å². The largest absolute Gasteiger partial charge is 0.0944 e. The Morgan fingerprint density at radius 3 is 1.12 bits per heavy atom. The second-order valence-electron chi connectivity index (χ2n) is 11.3. The van der Waals surface area contributed by atoms with Crippen LogP contribution < -0.4 is 0 Å². The summed E-state index contributed by atoms with van der Waals surface area (Å²) >= 11 is 0. The summed E-state index contributed by atoms with van der Waals surface area (Å²) in [7, 11) is -2.38. The Hall–Kier alpha value is -2.95. The van der Waals surface area contributed by atoms with Crippen molar-refractivity contribution in [2.45, 2.75) is 39.3 Å². The van der Waals surface area contributed by atoms with Crippen molar-refractivity contribution in [1.29, 1.82) is 0 Å². The van der Waals surface area contributed by atoms with Crippen LogP contribution in [-0.2, 0) is 0 Å². The minimum atomic E-state index is -1.19. The summed E-state index contributed by atoms with van der Waals surface area (Å²) in [5.41, 5.74) is 12.5. The second kappa shape index (κ2) is 9.73. The highest BCUT2D eigenvalue weighted by molar-refractivity contribution is 6.81. The average molecular weight is 477 g/mol. The first kappa shape index (κ1) is 24.2. The van der Waals surface area contributed by atoms with Gasteiger partial charge in [-0.2, -0.15) is 0 Å². The lowest BCUT2D eigenvalue weighted by atomic mass is 9.91. The molecule has 0 aliphatic carbocycles. The predicted molar refractivity (Wildman–Crippen MR) is 160 cm³/mol. The summed E-state index contributed by atoms with van der Waals surface area (Å²) in [6.07, 6.45) is 4.56. The molecule has 4 aromatic carbocycles. The Morgan fingerprint density at radius 1 is 0.441 bits per heavy atom. The molecular formula is C32H36Si2. The molecule has 0 saturated carbocycles. The molecule has 0 unspecified atom stereocenters. The fourth-order valence-electron chi connectivity index (χ4n) is 4.04. The molecule has 0 atom stereocenters. The van der Waals surface area contributed by atoms with Crippen molar-refractivity contribution < 1.29 is 0 Å². The van der Waals surface area contributed by atoms with Crippen LogP contribution in [0.2, 0.25) is 39.3 Å². The lowest BCUT2D eigenvalue weighted by Gasteiger charge is -2.13. The number of hydrogen-bond donors (Lipinski definition) is 0. The van der Waals surface area contributed by atoms with Gasteiger partial charge in [-0.25, -0.2) is 0 Å². The molecule has 0 aliphatic heterocycles. The summed E-state index contributed by atoms with van der Waals surface area (Å²) in [5, 5.41) is 2.60. The van der Waals surface area contributed by atoms with Gasteiger partial charge in [0.25, 0.3) is 0 Å². The van der Waals surface area contributed by atoms with Gasteiger partial charge in [0.2, 0.25) is 0 Å². The van der Waals surface area contributed by atoms with Crippen LogP contribution in [0.25, 0.3) is 45.2 Å². The van der Waals surface area contributed by atoms with Crippen LogP contribution in [-0.4, -0.2) is 16.1 Å². The van der Waals surface area contributed by atoms with Crippen molar-refractivity contribution >= 4 is 39.1 Å². The molecule has 0 nitrogen and oxygen atoms in total. The van der Waals surface area contributed by atoms with E-state index in [9.17, 15) is 0 Å². The highest BCUT2D eigenvalue weighted by Gasteiger charge is 2.11. The molecule has 2 heteroatoms. The molecule has 4 aromatic rings. The first-order valence-corrected chi connectivity index (χ1v) is 19.4. The van der Waals surface area contributed by atoms with Crippen LogP contribution in [0.15, 0.2) is 96.3 Å². The molecule has 34 heavy (non-hydrogen) atoms. The number of hydrogen-bond acceptors (Lipinski definition) is 0. The van der Waals surface area contributed by atoms with E-state index in [1.54, 1.807) is 0 Å². The van der Waals surface area contributed by atoms with Gasteiger partial charge in [-0.1, -0.05) is 148 Å². The third kappa shape index (κ3) is 6.13. The van der Waals surface area contributed by atoms with E-state index in [1.165, 1.54) is 44.2 Å². The van der Waals surface area contributed by atoms with Crippen molar-refractivity contribution in [1.82, 2.24) is 0 Å². The number of fused-ring (bicyclic) bond motifs is 1. The minimum absolute atomic E-state index is 1.19. The molecule has 0 N–H and O–H groups in total. The van der Waals surface area contributed by atoms with E-state index in [1.807, 2.05) is 0 Å². The summed E-state index contributed by atoms with van der Waals surface area (Å²) in [6, 6.07) is 31.3. The Morgan fingerprint density at radius 2 is 0.794 bits per heavy atom. The van der Waals surface area contributed by atoms with E-state index < -0.39 is 16.1 Å². The Kier molecular flexibility index (Phi) is 6.92. The summed E-state index contributed by atoms with van der Waals surface area (Å²) in [5.74, 6) is 0. The van der Waals surface area contributed by atoms with Gasteiger partial charge in [0, 0.05) is 0 Å². The molecule has 0 aliphatic rings. The molecule has 0 aromatic heterocycles. The highest BCUT2D eigenvalue weighted by Crippen LogP contribution is 2.36. The van der Waals surface area contributed by atoms with Gasteiger partial charge in [0.1, 0.15) is 0 Å². The van der Waals surface area contributed by atoms with Crippen molar-refractivity contribution in [3.8, 4) is 22.3 Å². The molecule has 0 saturated heterocycles. The number of benzene rings is 4. The molecule has 172 valence electrons. The predicted octanol–water partition coefficient (Wildman–Crippen LogP) is 9.95. The van der Waals surface area contributed by atoms with Crippen LogP contribution in [0.5, 0.6) is 0 Å². The van der Waals surface area contributed by atoms with Gasteiger partial charge in [-0.15, -0.1) is 0 Å². The lowest BCUT2D eigenvalue weighted by Crippen LogP contribution is -2.15. The van der Waals surface area contributed by atoms with Crippen molar-refractivity contribution in [3.05, 3.63) is 107 Å². The van der Waals surface area contributed by atoms with Crippen LogP contribution >= 0.6 is 0 Å². The summed E-state index contributed by atoms with van der Waals surface area (Å²) in [6.45, 7) is 14.2. The molecule has 0 amide bonds.